The number of ether oxygens (including phenoxy) is 4. The molecule has 130 valence electrons. The van der Waals surface area contributed by atoms with Crippen molar-refractivity contribution < 1.29 is 23.4 Å². The van der Waals surface area contributed by atoms with E-state index in [0.717, 1.165) is 11.1 Å². The summed E-state index contributed by atoms with van der Waals surface area (Å²) in [7, 11) is 6.42. The third kappa shape index (κ3) is 3.38. The summed E-state index contributed by atoms with van der Waals surface area (Å²) in [6.45, 7) is 0. The van der Waals surface area contributed by atoms with Gasteiger partial charge in [0.2, 0.25) is 0 Å². The highest BCUT2D eigenvalue weighted by Crippen LogP contribution is 2.37. The summed E-state index contributed by atoms with van der Waals surface area (Å²) in [5.41, 5.74) is 2.29. The number of rotatable bonds is 6. The molecule has 0 saturated heterocycles. The highest BCUT2D eigenvalue weighted by atomic mass is 16.5. The molecule has 25 heavy (non-hydrogen) atoms. The van der Waals surface area contributed by atoms with E-state index in [9.17, 15) is 0 Å². The molecule has 0 atom stereocenters. The van der Waals surface area contributed by atoms with Gasteiger partial charge in [-0.1, -0.05) is 0 Å². The first-order valence-corrected chi connectivity index (χ1v) is 7.59. The lowest BCUT2D eigenvalue weighted by atomic mass is 10.0. The highest BCUT2D eigenvalue weighted by Gasteiger charge is 2.17. The molecule has 3 rings (SSSR count). The molecule has 0 aliphatic carbocycles. The Balaban J connectivity index is 2.13. The van der Waals surface area contributed by atoms with Crippen molar-refractivity contribution in [3.05, 3.63) is 42.8 Å². The largest absolute Gasteiger partial charge is 0.497 e. The Morgan fingerprint density at radius 1 is 0.640 bits per heavy atom. The fraction of sp³-hybridized carbons (Fsp3) is 0.211. The van der Waals surface area contributed by atoms with E-state index >= 15 is 0 Å². The van der Waals surface area contributed by atoms with Crippen molar-refractivity contribution in [2.24, 2.45) is 0 Å². The predicted octanol–water partition coefficient (Wildman–Crippen LogP) is 4.04. The van der Waals surface area contributed by atoms with Crippen molar-refractivity contribution in [3.8, 4) is 45.6 Å². The Morgan fingerprint density at radius 2 is 1.08 bits per heavy atom. The van der Waals surface area contributed by atoms with Crippen molar-refractivity contribution >= 4 is 0 Å². The molecule has 0 fully saturated rings. The molecule has 1 aromatic heterocycles. The summed E-state index contributed by atoms with van der Waals surface area (Å²) in [6.07, 6.45) is 1.41. The number of nitrogens with zero attached hydrogens (tertiary/aromatic N) is 1. The summed E-state index contributed by atoms with van der Waals surface area (Å²) in [5, 5.41) is 0. The number of benzene rings is 2. The molecule has 6 heteroatoms. The van der Waals surface area contributed by atoms with Gasteiger partial charge in [-0.15, -0.1) is 0 Å². The fourth-order valence-corrected chi connectivity index (χ4v) is 2.54. The van der Waals surface area contributed by atoms with Crippen LogP contribution in [-0.4, -0.2) is 33.4 Å². The maximum absolute atomic E-state index is 5.65. The van der Waals surface area contributed by atoms with Crippen LogP contribution in [0, 0.1) is 0 Å². The Labute approximate surface area is 145 Å². The van der Waals surface area contributed by atoms with E-state index in [0.29, 0.717) is 34.5 Å². The summed E-state index contributed by atoms with van der Waals surface area (Å²) in [6, 6.07) is 11.1. The van der Waals surface area contributed by atoms with Crippen molar-refractivity contribution in [1.82, 2.24) is 4.98 Å². The topological polar surface area (TPSA) is 63.0 Å². The van der Waals surface area contributed by atoms with Gasteiger partial charge < -0.3 is 23.4 Å². The predicted molar refractivity (Wildman–Crippen MR) is 93.6 cm³/mol. The van der Waals surface area contributed by atoms with Crippen LogP contribution in [0.25, 0.3) is 22.6 Å². The molecule has 1 heterocycles. The summed E-state index contributed by atoms with van der Waals surface area (Å²) >= 11 is 0. The number of methoxy groups -OCH3 is 4. The van der Waals surface area contributed by atoms with Crippen LogP contribution in [0.3, 0.4) is 0 Å². The molecule has 0 N–H and O–H groups in total. The zero-order valence-electron chi connectivity index (χ0n) is 14.5. The maximum Gasteiger partial charge on any atom is 0.182 e. The molecule has 3 aromatic rings. The van der Waals surface area contributed by atoms with Gasteiger partial charge in [-0.25, -0.2) is 4.98 Å². The van der Waals surface area contributed by atoms with Gasteiger partial charge in [0.15, 0.2) is 12.2 Å². The zero-order chi connectivity index (χ0) is 17.8. The van der Waals surface area contributed by atoms with Crippen molar-refractivity contribution in [3.63, 3.8) is 0 Å². The molecular formula is C19H19NO5. The van der Waals surface area contributed by atoms with Gasteiger partial charge in [0, 0.05) is 23.3 Å². The molecule has 0 amide bonds. The average molecular weight is 341 g/mol. The van der Waals surface area contributed by atoms with E-state index in [1.165, 1.54) is 6.39 Å². The monoisotopic (exact) mass is 341 g/mol. The molecule has 6 nitrogen and oxygen atoms in total. The molecule has 0 aliphatic rings. The van der Waals surface area contributed by atoms with E-state index in [-0.39, 0.29) is 0 Å². The van der Waals surface area contributed by atoms with E-state index in [1.807, 2.05) is 24.3 Å². The molecule has 0 radical (unpaired) electrons. The third-order valence-corrected chi connectivity index (χ3v) is 3.81. The first-order valence-electron chi connectivity index (χ1n) is 7.59. The lowest BCUT2D eigenvalue weighted by Gasteiger charge is -2.10. The lowest BCUT2D eigenvalue weighted by Crippen LogP contribution is -1.91. The van der Waals surface area contributed by atoms with Gasteiger partial charge in [-0.05, 0) is 24.3 Å². The summed E-state index contributed by atoms with van der Waals surface area (Å²) < 4.78 is 27.0. The maximum atomic E-state index is 5.65. The smallest absolute Gasteiger partial charge is 0.182 e. The van der Waals surface area contributed by atoms with E-state index in [2.05, 4.69) is 4.98 Å². The van der Waals surface area contributed by atoms with Gasteiger partial charge in [0.25, 0.3) is 0 Å². The van der Waals surface area contributed by atoms with Gasteiger partial charge >= 0.3 is 0 Å². The Morgan fingerprint density at radius 3 is 1.52 bits per heavy atom. The quantitative estimate of drug-likeness (QED) is 0.674. The van der Waals surface area contributed by atoms with Gasteiger partial charge in [0.05, 0.1) is 28.4 Å². The van der Waals surface area contributed by atoms with Crippen LogP contribution in [0.15, 0.2) is 47.2 Å². The first-order chi connectivity index (χ1) is 12.2. The van der Waals surface area contributed by atoms with Gasteiger partial charge in [0.1, 0.15) is 28.7 Å². The number of hydrogen-bond acceptors (Lipinski definition) is 6. The van der Waals surface area contributed by atoms with Crippen LogP contribution in [0.1, 0.15) is 0 Å². The lowest BCUT2D eigenvalue weighted by molar-refractivity contribution is 0.394. The normalized spacial score (nSPS) is 10.4. The zero-order valence-corrected chi connectivity index (χ0v) is 14.5. The number of hydrogen-bond donors (Lipinski definition) is 0. The minimum absolute atomic E-state index is 0.604. The van der Waals surface area contributed by atoms with Crippen molar-refractivity contribution in [1.29, 1.82) is 0 Å². The number of aromatic nitrogens is 1. The Bertz CT molecular complexity index is 758. The molecular weight excluding hydrogens is 322 g/mol. The van der Waals surface area contributed by atoms with Gasteiger partial charge in [-0.3, -0.25) is 0 Å². The average Bonchev–Trinajstić information content (AvgIpc) is 3.16. The van der Waals surface area contributed by atoms with Crippen LogP contribution in [0.4, 0.5) is 0 Å². The molecule has 0 unspecified atom stereocenters. The molecule has 0 spiro atoms. The van der Waals surface area contributed by atoms with E-state index in [1.54, 1.807) is 40.6 Å². The summed E-state index contributed by atoms with van der Waals surface area (Å²) in [4.78, 5) is 4.37. The second-order valence-electron chi connectivity index (χ2n) is 5.23. The highest BCUT2D eigenvalue weighted by molar-refractivity contribution is 5.79. The van der Waals surface area contributed by atoms with E-state index < -0.39 is 0 Å². The fourth-order valence-electron chi connectivity index (χ4n) is 2.54. The standard InChI is InChI=1S/C19H19NO5/c1-21-14-5-12(6-15(9-14)22-2)18-19(25-11-20-18)13-7-16(23-3)10-17(8-13)24-4/h5-11H,1-4H3. The number of oxazole rings is 1. The minimum atomic E-state index is 0.604. The second kappa shape index (κ2) is 7.17. The van der Waals surface area contributed by atoms with Gasteiger partial charge in [-0.2, -0.15) is 0 Å². The SMILES string of the molecule is COc1cc(OC)cc(-c2ncoc2-c2cc(OC)cc(OC)c2)c1. The second-order valence-corrected chi connectivity index (χ2v) is 5.23. The van der Waals surface area contributed by atoms with E-state index in [4.69, 9.17) is 23.4 Å². The minimum Gasteiger partial charge on any atom is -0.497 e. The van der Waals surface area contributed by atoms with Crippen LogP contribution >= 0.6 is 0 Å². The van der Waals surface area contributed by atoms with Crippen LogP contribution in [0.5, 0.6) is 23.0 Å². The van der Waals surface area contributed by atoms with Crippen LogP contribution in [-0.2, 0) is 0 Å². The summed E-state index contributed by atoms with van der Waals surface area (Å²) in [5.74, 6) is 3.28. The molecule has 0 bridgehead atoms. The third-order valence-electron chi connectivity index (χ3n) is 3.81. The molecule has 0 saturated carbocycles. The van der Waals surface area contributed by atoms with Crippen LogP contribution in [0.2, 0.25) is 0 Å². The Hall–Kier alpha value is -3.15. The molecule has 2 aromatic carbocycles. The van der Waals surface area contributed by atoms with Crippen molar-refractivity contribution in [2.45, 2.75) is 0 Å². The molecule has 0 aliphatic heterocycles. The first kappa shape index (κ1) is 16.7. The van der Waals surface area contributed by atoms with Crippen LogP contribution < -0.4 is 18.9 Å². The van der Waals surface area contributed by atoms with Crippen molar-refractivity contribution in [2.75, 3.05) is 28.4 Å². The Kier molecular flexibility index (Phi) is 4.79.